The molecular formula is C57H75N11O18. The molecule has 466 valence electrons. The van der Waals surface area contributed by atoms with Gasteiger partial charge in [-0.2, -0.15) is 0 Å². The van der Waals surface area contributed by atoms with E-state index >= 15 is 0 Å². The SMILES string of the molecule is COCCOCCNC(=O)c1ccc(C(=O)NCCCCC2CN3CCNC(=O)c4ccc(c(O)c4O)C(=O)NCCN(CCNC(=O)c4ccc(c(O)c4O)C(=O)N2)CCNC(=O)c2ccc(c(O)c2O)C(=O)N[C@@H](CCCCN)C3)c(O)c1O. The summed E-state index contributed by atoms with van der Waals surface area (Å²) < 4.78 is 10.2. The summed E-state index contributed by atoms with van der Waals surface area (Å²) >= 11 is 0. The van der Waals surface area contributed by atoms with Gasteiger partial charge in [0.2, 0.25) is 0 Å². The van der Waals surface area contributed by atoms with Gasteiger partial charge in [0.15, 0.2) is 46.0 Å². The van der Waals surface area contributed by atoms with E-state index in [2.05, 4.69) is 42.5 Å². The quantitative estimate of drug-likeness (QED) is 0.0472. The fourth-order valence-electron chi connectivity index (χ4n) is 9.56. The average molecular weight is 1200 g/mol. The van der Waals surface area contributed by atoms with Crippen molar-refractivity contribution in [1.82, 2.24) is 52.3 Å². The molecular weight excluding hydrogens is 1130 g/mol. The van der Waals surface area contributed by atoms with E-state index < -0.39 is 116 Å². The van der Waals surface area contributed by atoms with Crippen LogP contribution in [0.4, 0.5) is 0 Å². The van der Waals surface area contributed by atoms with Crippen LogP contribution in [0.3, 0.4) is 0 Å². The predicted octanol–water partition coefficient (Wildman–Crippen LogP) is -0.399. The molecule has 29 nitrogen and oxygen atoms in total. The molecule has 0 aromatic heterocycles. The molecule has 12 aliphatic heterocycles. The molecule has 8 amide bonds. The number of hydrogen-bond donors (Lipinski definition) is 17. The molecule has 18 N–H and O–H groups in total. The third-order valence-corrected chi connectivity index (χ3v) is 14.3. The Morgan fingerprint density at radius 1 is 0.465 bits per heavy atom. The summed E-state index contributed by atoms with van der Waals surface area (Å²) in [6.07, 6.45) is 1.83. The van der Waals surface area contributed by atoms with E-state index in [1.54, 1.807) is 9.80 Å². The van der Waals surface area contributed by atoms with Gasteiger partial charge in [-0.25, -0.2) is 0 Å². The van der Waals surface area contributed by atoms with Crippen LogP contribution in [0.25, 0.3) is 0 Å². The molecule has 8 bridgehead atoms. The summed E-state index contributed by atoms with van der Waals surface area (Å²) in [6, 6.07) is 7.51. The van der Waals surface area contributed by atoms with Crippen LogP contribution in [-0.2, 0) is 9.47 Å². The van der Waals surface area contributed by atoms with Gasteiger partial charge >= 0.3 is 0 Å². The van der Waals surface area contributed by atoms with Crippen LogP contribution in [0.5, 0.6) is 46.0 Å². The normalized spacial score (nSPS) is 18.5. The van der Waals surface area contributed by atoms with Crippen LogP contribution in [0.1, 0.15) is 121 Å². The maximum Gasteiger partial charge on any atom is 0.255 e. The summed E-state index contributed by atoms with van der Waals surface area (Å²) in [5, 5.41) is 110. The zero-order chi connectivity index (χ0) is 62.5. The second-order valence-electron chi connectivity index (χ2n) is 20.3. The number of benzene rings is 4. The second kappa shape index (κ2) is 32.2. The van der Waals surface area contributed by atoms with Crippen molar-refractivity contribution in [3.63, 3.8) is 0 Å². The number of carbonyl (C=O) groups is 8. The molecule has 4 aromatic rings. The van der Waals surface area contributed by atoms with E-state index in [-0.39, 0.29) is 151 Å². The molecule has 4 aromatic carbocycles. The van der Waals surface area contributed by atoms with Crippen LogP contribution in [0.15, 0.2) is 48.5 Å². The first-order chi connectivity index (χ1) is 41.2. The maximum absolute atomic E-state index is 14.3. The predicted molar refractivity (Wildman–Crippen MR) is 308 cm³/mol. The van der Waals surface area contributed by atoms with Gasteiger partial charge in [0.1, 0.15) is 0 Å². The Bertz CT molecular complexity index is 3110. The van der Waals surface area contributed by atoms with Crippen molar-refractivity contribution in [3.05, 3.63) is 93.0 Å². The first-order valence-corrected chi connectivity index (χ1v) is 28.0. The number of amides is 8. The van der Waals surface area contributed by atoms with Crippen molar-refractivity contribution < 1.29 is 88.7 Å². The molecule has 0 radical (unpaired) electrons. The lowest BCUT2D eigenvalue weighted by atomic mass is 10.0. The Hall–Kier alpha value is -9.16. The number of nitrogens with zero attached hydrogens (tertiary/aromatic N) is 2. The third-order valence-electron chi connectivity index (χ3n) is 14.3. The number of hydrogen-bond acceptors (Lipinski definition) is 21. The van der Waals surface area contributed by atoms with Crippen molar-refractivity contribution >= 4 is 47.3 Å². The van der Waals surface area contributed by atoms with Crippen LogP contribution in [0, 0.1) is 0 Å². The Kier molecular flexibility index (Phi) is 24.7. The molecule has 4 atom stereocenters. The molecule has 12 aliphatic rings. The Morgan fingerprint density at radius 2 is 0.814 bits per heavy atom. The van der Waals surface area contributed by atoms with Crippen molar-refractivity contribution in [2.24, 2.45) is 5.73 Å². The minimum Gasteiger partial charge on any atom is -0.504 e. The molecule has 0 fully saturated rings. The lowest BCUT2D eigenvalue weighted by molar-refractivity contribution is 0.0692. The number of phenols is 8. The van der Waals surface area contributed by atoms with E-state index in [0.29, 0.717) is 26.1 Å². The smallest absolute Gasteiger partial charge is 0.255 e. The minimum atomic E-state index is -0.926. The maximum atomic E-state index is 14.3. The van der Waals surface area contributed by atoms with Gasteiger partial charge in [-0.05, 0) is 87.2 Å². The molecule has 3 unspecified atom stereocenters. The zero-order valence-electron chi connectivity index (χ0n) is 47.5. The zero-order valence-corrected chi connectivity index (χ0v) is 47.5. The van der Waals surface area contributed by atoms with Gasteiger partial charge < -0.3 is 98.6 Å². The van der Waals surface area contributed by atoms with Crippen molar-refractivity contribution in [2.45, 2.75) is 50.6 Å². The van der Waals surface area contributed by atoms with E-state index in [1.165, 1.54) is 13.2 Å². The van der Waals surface area contributed by atoms with Crippen molar-refractivity contribution in [3.8, 4) is 46.0 Å². The van der Waals surface area contributed by atoms with Crippen LogP contribution in [-0.4, -0.2) is 222 Å². The number of ether oxygens (including phenoxy) is 2. The summed E-state index contributed by atoms with van der Waals surface area (Å²) in [4.78, 5) is 112. The number of aromatic hydroxyl groups is 8. The van der Waals surface area contributed by atoms with Gasteiger partial charge in [-0.15, -0.1) is 0 Å². The Morgan fingerprint density at radius 3 is 1.19 bits per heavy atom. The largest absolute Gasteiger partial charge is 0.504 e. The molecule has 16 rings (SSSR count). The van der Waals surface area contributed by atoms with Crippen LogP contribution < -0.4 is 48.3 Å². The highest BCUT2D eigenvalue weighted by atomic mass is 16.5. The van der Waals surface area contributed by atoms with Gasteiger partial charge in [-0.1, -0.05) is 6.42 Å². The van der Waals surface area contributed by atoms with Gasteiger partial charge in [-0.3, -0.25) is 48.2 Å². The monoisotopic (exact) mass is 1200 g/mol. The summed E-state index contributed by atoms with van der Waals surface area (Å²) in [5.74, 6) is -13.7. The highest BCUT2D eigenvalue weighted by Gasteiger charge is 2.29. The topological polar surface area (TPSA) is 446 Å². The van der Waals surface area contributed by atoms with E-state index in [1.807, 2.05) is 0 Å². The van der Waals surface area contributed by atoms with Gasteiger partial charge in [0.05, 0.1) is 64.3 Å². The van der Waals surface area contributed by atoms with E-state index in [4.69, 9.17) is 15.2 Å². The number of carbonyl (C=O) groups excluding carboxylic acids is 8. The van der Waals surface area contributed by atoms with Crippen molar-refractivity contribution in [1.29, 1.82) is 0 Å². The highest BCUT2D eigenvalue weighted by molar-refractivity contribution is 6.06. The molecule has 0 aliphatic carbocycles. The molecule has 12 heterocycles. The number of nitrogens with two attached hydrogens (primary N) is 1. The standard InChI is InChI=1S/C57H75N11O18/c1-85-28-29-86-27-22-64-55(82)39-11-8-34(42(69)45(39)72)50(77)59-17-5-3-7-33-31-68-26-21-63-54(81)36-10-9-35(43(70)44(36)71)51(78)60-18-23-67(25-20-62-53(80)38-13-15-41(57(84)66-33)49(76)47(38)74)24-19-61-52(79)37-12-14-40(48(75)46(37)73)56(83)65-32(30-68)6-2-4-16-58/h8-15,32-33,69-76H,2-7,16-31,58H2,1H3,(H,59,77)(H,60,78)(H,61,79)(H,62,80)(H,63,81)(H,64,82)(H,65,83)(H,66,84)/t32-,33?/m0/s1. The molecule has 0 saturated carbocycles. The summed E-state index contributed by atoms with van der Waals surface area (Å²) in [6.45, 7) is 0.522. The third kappa shape index (κ3) is 17.7. The fraction of sp³-hybridized carbons (Fsp3) is 0.439. The highest BCUT2D eigenvalue weighted by Crippen LogP contribution is 2.36. The van der Waals surface area contributed by atoms with Crippen LogP contribution >= 0.6 is 0 Å². The Balaban J connectivity index is 1.33. The summed E-state index contributed by atoms with van der Waals surface area (Å²) in [7, 11) is 1.51. The summed E-state index contributed by atoms with van der Waals surface area (Å²) in [5.41, 5.74) is 2.88. The molecule has 29 heteroatoms. The van der Waals surface area contributed by atoms with Crippen molar-refractivity contribution in [2.75, 3.05) is 112 Å². The molecule has 0 spiro atoms. The second-order valence-corrected chi connectivity index (χ2v) is 20.3. The number of rotatable bonds is 17. The lowest BCUT2D eigenvalue weighted by Gasteiger charge is -2.32. The number of methoxy groups -OCH3 is 1. The average Bonchev–Trinajstić information content (AvgIpc) is 3.32. The lowest BCUT2D eigenvalue weighted by Crippen LogP contribution is -2.51. The fourth-order valence-corrected chi connectivity index (χ4v) is 9.56. The van der Waals surface area contributed by atoms with E-state index in [9.17, 15) is 79.2 Å². The number of nitrogens with one attached hydrogen (secondary N) is 8. The number of unbranched alkanes of at least 4 members (excludes halogenated alkanes) is 2. The first kappa shape index (κ1) is 66.0. The first-order valence-electron chi connectivity index (χ1n) is 28.0. The molecule has 0 saturated heterocycles. The minimum absolute atomic E-state index is 0.0195. The van der Waals surface area contributed by atoms with Crippen LogP contribution in [0.2, 0.25) is 0 Å². The van der Waals surface area contributed by atoms with E-state index in [0.717, 1.165) is 42.5 Å². The number of phenolic OH excluding ortho intramolecular Hbond substituents is 8. The Labute approximate surface area is 494 Å². The molecule has 86 heavy (non-hydrogen) atoms. The van der Waals surface area contributed by atoms with Gasteiger partial charge in [0.25, 0.3) is 47.3 Å². The van der Waals surface area contributed by atoms with Gasteiger partial charge in [0, 0.05) is 97.7 Å².